The summed E-state index contributed by atoms with van der Waals surface area (Å²) in [5, 5.41) is 16.2. The monoisotopic (exact) mass is 207 g/mol. The maximum Gasteiger partial charge on any atom is 0.347 e. The van der Waals surface area contributed by atoms with E-state index in [1.165, 1.54) is 6.92 Å². The van der Waals surface area contributed by atoms with Gasteiger partial charge in [0.05, 0.1) is 0 Å². The normalized spacial score (nSPS) is 12.6. The molecule has 0 aliphatic heterocycles. The van der Waals surface area contributed by atoms with E-state index in [1.54, 1.807) is 18.2 Å². The van der Waals surface area contributed by atoms with Crippen molar-refractivity contribution in [2.24, 2.45) is 0 Å². The second-order valence-electron chi connectivity index (χ2n) is 3.04. The van der Waals surface area contributed by atoms with E-state index in [0.29, 0.717) is 11.0 Å². The molecule has 0 aliphatic rings. The van der Waals surface area contributed by atoms with Crippen LogP contribution in [0.25, 0.3) is 11.0 Å². The van der Waals surface area contributed by atoms with Gasteiger partial charge in [-0.2, -0.15) is 0 Å². The van der Waals surface area contributed by atoms with Crippen LogP contribution in [0, 0.1) is 0 Å². The van der Waals surface area contributed by atoms with Gasteiger partial charge in [-0.1, -0.05) is 17.0 Å². The summed E-state index contributed by atoms with van der Waals surface area (Å²) in [5.41, 5.74) is 1.31. The maximum absolute atomic E-state index is 10.6. The van der Waals surface area contributed by atoms with Crippen molar-refractivity contribution in [3.63, 3.8) is 0 Å². The Balaban J connectivity index is 2.32. The molecule has 1 N–H and O–H groups in total. The smallest absolute Gasteiger partial charge is 0.347 e. The van der Waals surface area contributed by atoms with Crippen molar-refractivity contribution in [3.05, 3.63) is 24.3 Å². The van der Waals surface area contributed by atoms with Crippen LogP contribution in [0.2, 0.25) is 0 Å². The molecule has 1 atom stereocenters. The lowest BCUT2D eigenvalue weighted by molar-refractivity contribution is -0.150. The van der Waals surface area contributed by atoms with Crippen LogP contribution in [-0.4, -0.2) is 32.3 Å². The molecule has 0 fully saturated rings. The molecule has 2 rings (SSSR count). The Hall–Kier alpha value is -2.11. The van der Waals surface area contributed by atoms with Crippen LogP contribution < -0.4 is 4.84 Å². The molecule has 1 aromatic carbocycles. The van der Waals surface area contributed by atoms with Crippen LogP contribution in [0.3, 0.4) is 0 Å². The summed E-state index contributed by atoms with van der Waals surface area (Å²) in [4.78, 5) is 16.8. The molecule has 78 valence electrons. The number of nitrogens with zero attached hydrogens (tertiary/aromatic N) is 3. The number of fused-ring (bicyclic) bond motifs is 1. The number of carbonyl (C=O) groups is 1. The van der Waals surface area contributed by atoms with Gasteiger partial charge in [0.2, 0.25) is 6.10 Å². The standard InChI is InChI=1S/C9H9N3O3/c1-6(9(13)14)15-12-8-5-3-2-4-7(8)10-11-12/h2-6H,1H3,(H,13,14)/t6-/m1/s1. The van der Waals surface area contributed by atoms with E-state index in [4.69, 9.17) is 9.94 Å². The number of aliphatic carboxylic acids is 1. The quantitative estimate of drug-likeness (QED) is 0.784. The first-order chi connectivity index (χ1) is 7.18. The summed E-state index contributed by atoms with van der Waals surface area (Å²) in [6.07, 6.45) is -0.963. The average molecular weight is 207 g/mol. The maximum atomic E-state index is 10.6. The second-order valence-corrected chi connectivity index (χ2v) is 3.04. The minimum Gasteiger partial charge on any atom is -0.478 e. The van der Waals surface area contributed by atoms with Gasteiger partial charge in [0.15, 0.2) is 0 Å². The van der Waals surface area contributed by atoms with E-state index in [-0.39, 0.29) is 0 Å². The van der Waals surface area contributed by atoms with E-state index in [9.17, 15) is 4.79 Å². The van der Waals surface area contributed by atoms with E-state index >= 15 is 0 Å². The van der Waals surface area contributed by atoms with Crippen LogP contribution in [0.5, 0.6) is 0 Å². The zero-order chi connectivity index (χ0) is 10.8. The lowest BCUT2D eigenvalue weighted by atomic mass is 10.3. The van der Waals surface area contributed by atoms with Crippen LogP contribution in [0.1, 0.15) is 6.92 Å². The Bertz CT molecular complexity index is 494. The Morgan fingerprint density at radius 2 is 2.27 bits per heavy atom. The van der Waals surface area contributed by atoms with E-state index < -0.39 is 12.1 Å². The lowest BCUT2D eigenvalue weighted by Crippen LogP contribution is -2.30. The highest BCUT2D eigenvalue weighted by Gasteiger charge is 2.15. The van der Waals surface area contributed by atoms with Crippen LogP contribution >= 0.6 is 0 Å². The summed E-state index contributed by atoms with van der Waals surface area (Å²) in [6, 6.07) is 7.15. The molecule has 0 saturated carbocycles. The first-order valence-electron chi connectivity index (χ1n) is 4.39. The minimum atomic E-state index is -1.05. The zero-order valence-electron chi connectivity index (χ0n) is 7.99. The highest BCUT2D eigenvalue weighted by atomic mass is 16.7. The first-order valence-corrected chi connectivity index (χ1v) is 4.39. The molecule has 0 spiro atoms. The highest BCUT2D eigenvalue weighted by Crippen LogP contribution is 2.08. The molecule has 2 aromatic rings. The number of carboxylic acids is 1. The largest absolute Gasteiger partial charge is 0.478 e. The van der Waals surface area contributed by atoms with E-state index in [2.05, 4.69) is 10.3 Å². The Morgan fingerprint density at radius 3 is 3.00 bits per heavy atom. The van der Waals surface area contributed by atoms with E-state index in [1.807, 2.05) is 6.07 Å². The van der Waals surface area contributed by atoms with Crippen LogP contribution in [0.15, 0.2) is 24.3 Å². The molecule has 6 heteroatoms. The molecule has 0 amide bonds. The molecule has 0 aliphatic carbocycles. The molecule has 6 nitrogen and oxygen atoms in total. The summed E-state index contributed by atoms with van der Waals surface area (Å²) >= 11 is 0. The molecule has 1 aromatic heterocycles. The van der Waals surface area contributed by atoms with E-state index in [0.717, 1.165) is 4.85 Å². The van der Waals surface area contributed by atoms with Crippen molar-refractivity contribution in [2.75, 3.05) is 0 Å². The number of aromatic nitrogens is 3. The first kappa shape index (κ1) is 9.45. The van der Waals surface area contributed by atoms with Gasteiger partial charge in [-0.05, 0) is 24.3 Å². The van der Waals surface area contributed by atoms with Crippen molar-refractivity contribution >= 4 is 17.0 Å². The number of carboxylic acid groups (broad SMARTS) is 1. The number of hydrogen-bond acceptors (Lipinski definition) is 4. The Labute approximate surface area is 85.0 Å². The SMILES string of the molecule is C[C@@H](On1nnc2ccccc21)C(=O)O. The summed E-state index contributed by atoms with van der Waals surface area (Å²) in [6.45, 7) is 1.43. The number of para-hydroxylation sites is 1. The number of rotatable bonds is 3. The fourth-order valence-corrected chi connectivity index (χ4v) is 1.12. The van der Waals surface area contributed by atoms with Gasteiger partial charge in [-0.25, -0.2) is 4.79 Å². The third kappa shape index (κ3) is 1.74. The third-order valence-electron chi connectivity index (χ3n) is 1.93. The van der Waals surface area contributed by atoms with Crippen LogP contribution in [0.4, 0.5) is 0 Å². The van der Waals surface area contributed by atoms with Crippen molar-refractivity contribution in [1.82, 2.24) is 15.2 Å². The van der Waals surface area contributed by atoms with Crippen molar-refractivity contribution in [2.45, 2.75) is 13.0 Å². The van der Waals surface area contributed by atoms with Gasteiger partial charge >= 0.3 is 5.97 Å². The van der Waals surface area contributed by atoms with Gasteiger partial charge in [0.25, 0.3) is 0 Å². The third-order valence-corrected chi connectivity index (χ3v) is 1.93. The van der Waals surface area contributed by atoms with Crippen LogP contribution in [-0.2, 0) is 4.79 Å². The predicted molar refractivity (Wildman–Crippen MR) is 51.2 cm³/mol. The lowest BCUT2D eigenvalue weighted by Gasteiger charge is -2.08. The molecule has 15 heavy (non-hydrogen) atoms. The van der Waals surface area contributed by atoms with Gasteiger partial charge < -0.3 is 9.94 Å². The predicted octanol–water partition coefficient (Wildman–Crippen LogP) is 0.333. The minimum absolute atomic E-state index is 0.644. The number of hydrogen-bond donors (Lipinski definition) is 1. The molecular weight excluding hydrogens is 198 g/mol. The molecular formula is C9H9N3O3. The van der Waals surface area contributed by atoms with Gasteiger partial charge in [0, 0.05) is 0 Å². The Kier molecular flexibility index (Phi) is 2.24. The molecule has 0 bridgehead atoms. The summed E-state index contributed by atoms with van der Waals surface area (Å²) < 4.78 is 0. The number of benzene rings is 1. The molecule has 0 saturated heterocycles. The van der Waals surface area contributed by atoms with Crippen molar-refractivity contribution in [1.29, 1.82) is 0 Å². The van der Waals surface area contributed by atoms with Gasteiger partial charge in [0.1, 0.15) is 11.0 Å². The average Bonchev–Trinajstić information content (AvgIpc) is 2.62. The molecule has 1 heterocycles. The van der Waals surface area contributed by atoms with Gasteiger partial charge in [-0.3, -0.25) is 0 Å². The molecule has 0 radical (unpaired) electrons. The Morgan fingerprint density at radius 1 is 1.53 bits per heavy atom. The van der Waals surface area contributed by atoms with Gasteiger partial charge in [-0.15, -0.1) is 5.10 Å². The second kappa shape index (κ2) is 3.56. The summed E-state index contributed by atoms with van der Waals surface area (Å²) in [5.74, 6) is -1.05. The fourth-order valence-electron chi connectivity index (χ4n) is 1.12. The fraction of sp³-hybridized carbons (Fsp3) is 0.222. The molecule has 0 unspecified atom stereocenters. The summed E-state index contributed by atoms with van der Waals surface area (Å²) in [7, 11) is 0. The van der Waals surface area contributed by atoms with Crippen molar-refractivity contribution in [3.8, 4) is 0 Å². The zero-order valence-corrected chi connectivity index (χ0v) is 7.99. The highest BCUT2D eigenvalue weighted by molar-refractivity contribution is 5.74. The topological polar surface area (TPSA) is 77.2 Å². The van der Waals surface area contributed by atoms with Crippen molar-refractivity contribution < 1.29 is 14.7 Å².